The van der Waals surface area contributed by atoms with E-state index >= 15 is 0 Å². The van der Waals surface area contributed by atoms with Crippen LogP contribution >= 0.6 is 11.6 Å². The Kier molecular flexibility index (Phi) is 5.92. The molecule has 1 aliphatic rings. The van der Waals surface area contributed by atoms with Crippen molar-refractivity contribution in [2.75, 3.05) is 11.9 Å². The first-order valence-corrected chi connectivity index (χ1v) is 10.6. The molecule has 1 N–H and O–H groups in total. The van der Waals surface area contributed by atoms with Crippen LogP contribution in [0.1, 0.15) is 22.3 Å². The summed E-state index contributed by atoms with van der Waals surface area (Å²) in [5, 5.41) is 3.76. The molecule has 0 fully saturated rings. The molecule has 5 heteroatoms. The van der Waals surface area contributed by atoms with Gasteiger partial charge in [0.1, 0.15) is 5.70 Å². The van der Waals surface area contributed by atoms with Gasteiger partial charge in [0, 0.05) is 17.3 Å². The number of aryl methyl sites for hydroxylation is 2. The molecule has 3 aromatic carbocycles. The predicted octanol–water partition coefficient (Wildman–Crippen LogP) is 5.39. The number of nitrogens with zero attached hydrogens (tertiary/aromatic N) is 1. The molecule has 1 aliphatic heterocycles. The molecule has 0 atom stereocenters. The Morgan fingerprint density at radius 1 is 0.871 bits per heavy atom. The molecule has 0 unspecified atom stereocenters. The van der Waals surface area contributed by atoms with Crippen molar-refractivity contribution < 1.29 is 9.59 Å². The summed E-state index contributed by atoms with van der Waals surface area (Å²) in [6, 6.07) is 23.0. The van der Waals surface area contributed by atoms with Crippen molar-refractivity contribution in [3.8, 4) is 0 Å². The maximum atomic E-state index is 13.3. The number of halogens is 1. The zero-order chi connectivity index (χ0) is 22.0. The van der Waals surface area contributed by atoms with Crippen LogP contribution in [0.2, 0.25) is 5.02 Å². The van der Waals surface area contributed by atoms with E-state index in [1.165, 1.54) is 4.90 Å². The highest BCUT2D eigenvalue weighted by Gasteiger charge is 2.38. The maximum absolute atomic E-state index is 13.3. The van der Waals surface area contributed by atoms with Crippen LogP contribution in [-0.2, 0) is 16.0 Å². The van der Waals surface area contributed by atoms with E-state index < -0.39 is 0 Å². The molecule has 31 heavy (non-hydrogen) atoms. The Morgan fingerprint density at radius 3 is 2.26 bits per heavy atom. The van der Waals surface area contributed by atoms with Gasteiger partial charge < -0.3 is 5.32 Å². The van der Waals surface area contributed by atoms with E-state index in [4.69, 9.17) is 11.6 Å². The van der Waals surface area contributed by atoms with Gasteiger partial charge in [0.15, 0.2) is 0 Å². The molecule has 156 valence electrons. The molecule has 4 nitrogen and oxygen atoms in total. The van der Waals surface area contributed by atoms with Crippen LogP contribution < -0.4 is 5.32 Å². The third-order valence-electron chi connectivity index (χ3n) is 5.42. The highest BCUT2D eigenvalue weighted by atomic mass is 35.5. The van der Waals surface area contributed by atoms with Crippen LogP contribution in [0.15, 0.2) is 78.5 Å². The first kappa shape index (κ1) is 20.9. The Balaban J connectivity index is 1.68. The summed E-state index contributed by atoms with van der Waals surface area (Å²) in [5.74, 6) is -0.612. The van der Waals surface area contributed by atoms with Gasteiger partial charge in [-0.3, -0.25) is 14.5 Å². The standard InChI is InChI=1S/C26H23ClN2O2/c1-17-8-11-20(12-9-17)23-24(28-21-13-10-18(2)22(27)16-21)26(31)29(25(23)30)15-14-19-6-4-3-5-7-19/h3-13,16,28H,14-15H2,1-2H3. The van der Waals surface area contributed by atoms with E-state index in [-0.39, 0.29) is 17.5 Å². The zero-order valence-electron chi connectivity index (χ0n) is 17.5. The number of hydrogen-bond donors (Lipinski definition) is 1. The van der Waals surface area contributed by atoms with Crippen molar-refractivity contribution in [1.82, 2.24) is 4.90 Å². The number of imide groups is 1. The number of rotatable bonds is 6. The minimum Gasteiger partial charge on any atom is -0.350 e. The van der Waals surface area contributed by atoms with E-state index in [0.29, 0.717) is 34.8 Å². The maximum Gasteiger partial charge on any atom is 0.278 e. The molecule has 0 spiro atoms. The normalized spacial score (nSPS) is 13.8. The summed E-state index contributed by atoms with van der Waals surface area (Å²) in [7, 11) is 0. The van der Waals surface area contributed by atoms with Gasteiger partial charge in [0.25, 0.3) is 11.8 Å². The summed E-state index contributed by atoms with van der Waals surface area (Å²) in [5.41, 5.74) is 5.15. The Morgan fingerprint density at radius 2 is 1.58 bits per heavy atom. The number of carbonyl (C=O) groups is 2. The molecular formula is C26H23ClN2O2. The van der Waals surface area contributed by atoms with Gasteiger partial charge in [0.05, 0.1) is 5.57 Å². The number of benzene rings is 3. The van der Waals surface area contributed by atoms with Crippen LogP contribution in [0, 0.1) is 13.8 Å². The number of nitrogens with one attached hydrogen (secondary N) is 1. The molecule has 2 amide bonds. The molecule has 0 aliphatic carbocycles. The highest BCUT2D eigenvalue weighted by Crippen LogP contribution is 2.31. The van der Waals surface area contributed by atoms with E-state index in [2.05, 4.69) is 5.32 Å². The molecule has 0 radical (unpaired) electrons. The second-order valence-electron chi connectivity index (χ2n) is 7.70. The Bertz CT molecular complexity index is 1170. The predicted molar refractivity (Wildman–Crippen MR) is 125 cm³/mol. The molecule has 0 aromatic heterocycles. The van der Waals surface area contributed by atoms with Gasteiger partial charge in [-0.15, -0.1) is 0 Å². The van der Waals surface area contributed by atoms with Crippen LogP contribution in [0.4, 0.5) is 5.69 Å². The molecule has 0 saturated carbocycles. The second-order valence-corrected chi connectivity index (χ2v) is 8.11. The third kappa shape index (κ3) is 4.39. The molecule has 3 aromatic rings. The average Bonchev–Trinajstić information content (AvgIpc) is 3.00. The Hall–Kier alpha value is -3.37. The van der Waals surface area contributed by atoms with E-state index in [1.807, 2.05) is 80.6 Å². The minimum absolute atomic E-state index is 0.279. The van der Waals surface area contributed by atoms with Gasteiger partial charge in [-0.2, -0.15) is 0 Å². The third-order valence-corrected chi connectivity index (χ3v) is 5.82. The summed E-state index contributed by atoms with van der Waals surface area (Å²) >= 11 is 6.26. The molecule has 4 rings (SSSR count). The lowest BCUT2D eigenvalue weighted by Gasteiger charge is -2.15. The fourth-order valence-electron chi connectivity index (χ4n) is 3.58. The van der Waals surface area contributed by atoms with Crippen LogP contribution in [0.3, 0.4) is 0 Å². The molecule has 0 bridgehead atoms. The average molecular weight is 431 g/mol. The lowest BCUT2D eigenvalue weighted by molar-refractivity contribution is -0.136. The van der Waals surface area contributed by atoms with Gasteiger partial charge >= 0.3 is 0 Å². The fraction of sp³-hybridized carbons (Fsp3) is 0.154. The topological polar surface area (TPSA) is 49.4 Å². The van der Waals surface area contributed by atoms with Crippen LogP contribution in [0.5, 0.6) is 0 Å². The van der Waals surface area contributed by atoms with Crippen molar-refractivity contribution in [3.05, 3.63) is 106 Å². The Labute approximate surface area is 187 Å². The second kappa shape index (κ2) is 8.78. The molecular weight excluding hydrogens is 408 g/mol. The SMILES string of the molecule is Cc1ccc(C2=C(Nc3ccc(C)c(Cl)c3)C(=O)N(CCc3ccccc3)C2=O)cc1. The van der Waals surface area contributed by atoms with E-state index in [0.717, 1.165) is 16.7 Å². The lowest BCUT2D eigenvalue weighted by Crippen LogP contribution is -2.34. The largest absolute Gasteiger partial charge is 0.350 e. The van der Waals surface area contributed by atoms with Crippen LogP contribution in [-0.4, -0.2) is 23.3 Å². The number of hydrogen-bond acceptors (Lipinski definition) is 3. The monoisotopic (exact) mass is 430 g/mol. The van der Waals surface area contributed by atoms with Crippen molar-refractivity contribution in [1.29, 1.82) is 0 Å². The van der Waals surface area contributed by atoms with Gasteiger partial charge in [0.2, 0.25) is 0 Å². The van der Waals surface area contributed by atoms with Crippen molar-refractivity contribution in [2.24, 2.45) is 0 Å². The first-order chi connectivity index (χ1) is 14.9. The van der Waals surface area contributed by atoms with Crippen LogP contribution in [0.25, 0.3) is 5.57 Å². The zero-order valence-corrected chi connectivity index (χ0v) is 18.2. The number of carbonyl (C=O) groups excluding carboxylic acids is 2. The van der Waals surface area contributed by atoms with E-state index in [9.17, 15) is 9.59 Å². The van der Waals surface area contributed by atoms with Crippen molar-refractivity contribution in [3.63, 3.8) is 0 Å². The van der Waals surface area contributed by atoms with E-state index in [1.54, 1.807) is 6.07 Å². The summed E-state index contributed by atoms with van der Waals surface area (Å²) in [6.07, 6.45) is 0.600. The number of anilines is 1. The first-order valence-electron chi connectivity index (χ1n) is 10.2. The van der Waals surface area contributed by atoms with Crippen molar-refractivity contribution >= 4 is 34.7 Å². The highest BCUT2D eigenvalue weighted by molar-refractivity contribution is 6.36. The number of amides is 2. The van der Waals surface area contributed by atoms with Crippen molar-refractivity contribution in [2.45, 2.75) is 20.3 Å². The smallest absolute Gasteiger partial charge is 0.278 e. The van der Waals surface area contributed by atoms with Gasteiger partial charge in [-0.25, -0.2) is 0 Å². The molecule has 1 heterocycles. The minimum atomic E-state index is -0.326. The quantitative estimate of drug-likeness (QED) is 0.533. The summed E-state index contributed by atoms with van der Waals surface area (Å²) in [4.78, 5) is 27.9. The molecule has 0 saturated heterocycles. The summed E-state index contributed by atoms with van der Waals surface area (Å²) in [6.45, 7) is 4.22. The summed E-state index contributed by atoms with van der Waals surface area (Å²) < 4.78 is 0. The fourth-order valence-corrected chi connectivity index (χ4v) is 3.76. The lowest BCUT2D eigenvalue weighted by atomic mass is 10.0. The van der Waals surface area contributed by atoms with Gasteiger partial charge in [-0.1, -0.05) is 77.8 Å². The van der Waals surface area contributed by atoms with Gasteiger partial charge in [-0.05, 0) is 49.1 Å².